The van der Waals surface area contributed by atoms with E-state index >= 15 is 0 Å². The normalized spacial score (nSPS) is 22.4. The van der Waals surface area contributed by atoms with Gasteiger partial charge in [-0.05, 0) is 25.3 Å². The molecular weight excluding hydrogens is 260 g/mol. The molecule has 0 saturated carbocycles. The summed E-state index contributed by atoms with van der Waals surface area (Å²) in [4.78, 5) is 26.5. The summed E-state index contributed by atoms with van der Waals surface area (Å²) in [6, 6.07) is -0.124. The maximum absolute atomic E-state index is 12.0. The number of carboxylic acids is 1. The van der Waals surface area contributed by atoms with Gasteiger partial charge in [-0.1, -0.05) is 6.92 Å². The van der Waals surface area contributed by atoms with E-state index in [1.54, 1.807) is 4.57 Å². The minimum atomic E-state index is -1.05. The Morgan fingerprint density at radius 3 is 3.05 bits per heavy atom. The van der Waals surface area contributed by atoms with Crippen LogP contribution in [-0.4, -0.2) is 45.7 Å². The molecule has 2 unspecified atom stereocenters. The first kappa shape index (κ1) is 14.5. The van der Waals surface area contributed by atoms with Gasteiger partial charge >= 0.3 is 5.97 Å². The van der Waals surface area contributed by atoms with E-state index in [9.17, 15) is 9.59 Å². The number of carbonyl (C=O) groups is 2. The number of aromatic nitrogens is 2. The van der Waals surface area contributed by atoms with Gasteiger partial charge in [0, 0.05) is 19.3 Å². The second-order valence-corrected chi connectivity index (χ2v) is 5.14. The predicted octanol–water partition coefficient (Wildman–Crippen LogP) is 0.0856. The molecule has 1 aromatic rings. The minimum absolute atomic E-state index is 0.00998. The smallest absolute Gasteiger partial charge is 0.356 e. The largest absolute Gasteiger partial charge is 0.476 e. The molecule has 2 rings (SSSR count). The van der Waals surface area contributed by atoms with Crippen LogP contribution in [0.3, 0.4) is 0 Å². The molecule has 7 heteroatoms. The Morgan fingerprint density at radius 2 is 2.40 bits per heavy atom. The highest BCUT2D eigenvalue weighted by Crippen LogP contribution is 2.15. The van der Waals surface area contributed by atoms with Crippen LogP contribution < -0.4 is 10.6 Å². The van der Waals surface area contributed by atoms with Gasteiger partial charge < -0.3 is 20.3 Å². The number of nitrogens with one attached hydrogen (secondary N) is 2. The number of aromatic carboxylic acids is 1. The molecule has 0 radical (unpaired) electrons. The number of carbonyl (C=O) groups excluding carboxylic acids is 1. The van der Waals surface area contributed by atoms with E-state index in [4.69, 9.17) is 5.11 Å². The SMILES string of the molecule is CC1CCCNC1C(=O)NCCn1cnc(C(=O)O)c1. The summed E-state index contributed by atoms with van der Waals surface area (Å²) >= 11 is 0. The van der Waals surface area contributed by atoms with Crippen LogP contribution in [0.5, 0.6) is 0 Å². The molecule has 1 aliphatic rings. The third kappa shape index (κ3) is 3.57. The lowest BCUT2D eigenvalue weighted by atomic mass is 9.92. The van der Waals surface area contributed by atoms with Crippen LogP contribution in [0, 0.1) is 5.92 Å². The third-order valence-corrected chi connectivity index (χ3v) is 3.57. The molecule has 1 aromatic heterocycles. The van der Waals surface area contributed by atoms with Crippen LogP contribution in [-0.2, 0) is 11.3 Å². The molecule has 0 aromatic carbocycles. The molecule has 2 atom stereocenters. The summed E-state index contributed by atoms with van der Waals surface area (Å²) in [5.74, 6) is -0.695. The van der Waals surface area contributed by atoms with Gasteiger partial charge in [-0.25, -0.2) is 9.78 Å². The quantitative estimate of drug-likeness (QED) is 0.710. The van der Waals surface area contributed by atoms with Crippen molar-refractivity contribution in [2.45, 2.75) is 32.4 Å². The number of carboxylic acid groups (broad SMARTS) is 1. The van der Waals surface area contributed by atoms with E-state index < -0.39 is 5.97 Å². The Labute approximate surface area is 117 Å². The van der Waals surface area contributed by atoms with Gasteiger partial charge in [0.25, 0.3) is 0 Å². The Balaban J connectivity index is 1.77. The summed E-state index contributed by atoms with van der Waals surface area (Å²) in [6.07, 6.45) is 5.08. The number of piperidine rings is 1. The van der Waals surface area contributed by atoms with Crippen LogP contribution in [0.2, 0.25) is 0 Å². The Hall–Kier alpha value is -1.89. The fourth-order valence-electron chi connectivity index (χ4n) is 2.41. The summed E-state index contributed by atoms with van der Waals surface area (Å²) < 4.78 is 1.65. The van der Waals surface area contributed by atoms with E-state index in [2.05, 4.69) is 22.5 Å². The van der Waals surface area contributed by atoms with Crippen LogP contribution in [0.4, 0.5) is 0 Å². The Kier molecular flexibility index (Phi) is 4.73. The van der Waals surface area contributed by atoms with E-state index in [1.807, 2.05) is 0 Å². The van der Waals surface area contributed by atoms with Crippen LogP contribution in [0.25, 0.3) is 0 Å². The van der Waals surface area contributed by atoms with Crippen molar-refractivity contribution in [3.63, 3.8) is 0 Å². The lowest BCUT2D eigenvalue weighted by Crippen LogP contribution is -2.51. The molecule has 1 saturated heterocycles. The van der Waals surface area contributed by atoms with Gasteiger partial charge in [0.2, 0.25) is 5.91 Å². The van der Waals surface area contributed by atoms with Gasteiger partial charge in [-0.3, -0.25) is 4.79 Å². The van der Waals surface area contributed by atoms with Crippen molar-refractivity contribution in [2.24, 2.45) is 5.92 Å². The van der Waals surface area contributed by atoms with Crippen LogP contribution in [0.15, 0.2) is 12.5 Å². The zero-order valence-corrected chi connectivity index (χ0v) is 11.5. The van der Waals surface area contributed by atoms with Gasteiger partial charge in [-0.2, -0.15) is 0 Å². The molecule has 1 amide bonds. The average Bonchev–Trinajstić information content (AvgIpc) is 2.88. The Bertz CT molecular complexity index is 486. The zero-order chi connectivity index (χ0) is 14.5. The third-order valence-electron chi connectivity index (χ3n) is 3.57. The molecule has 0 spiro atoms. The molecule has 1 aliphatic heterocycles. The summed E-state index contributed by atoms with van der Waals surface area (Å²) in [6.45, 7) is 3.92. The van der Waals surface area contributed by atoms with Crippen LogP contribution in [0.1, 0.15) is 30.3 Å². The van der Waals surface area contributed by atoms with Gasteiger partial charge in [0.1, 0.15) is 0 Å². The number of imidazole rings is 1. The Morgan fingerprint density at radius 1 is 1.60 bits per heavy atom. The monoisotopic (exact) mass is 280 g/mol. The molecule has 0 bridgehead atoms. The van der Waals surface area contributed by atoms with Crippen molar-refractivity contribution in [3.8, 4) is 0 Å². The van der Waals surface area contributed by atoms with Gasteiger partial charge in [0.05, 0.1) is 12.4 Å². The van der Waals surface area contributed by atoms with E-state index in [-0.39, 0.29) is 17.6 Å². The first-order valence-corrected chi connectivity index (χ1v) is 6.84. The molecule has 20 heavy (non-hydrogen) atoms. The number of nitrogens with zero attached hydrogens (tertiary/aromatic N) is 2. The second kappa shape index (κ2) is 6.51. The highest BCUT2D eigenvalue weighted by molar-refractivity contribution is 5.84. The molecule has 110 valence electrons. The van der Waals surface area contributed by atoms with Crippen molar-refractivity contribution in [3.05, 3.63) is 18.2 Å². The second-order valence-electron chi connectivity index (χ2n) is 5.14. The number of rotatable bonds is 5. The van der Waals surface area contributed by atoms with Gasteiger partial charge in [-0.15, -0.1) is 0 Å². The summed E-state index contributed by atoms with van der Waals surface area (Å²) in [5.41, 5.74) is 0.0129. The fraction of sp³-hybridized carbons (Fsp3) is 0.615. The van der Waals surface area contributed by atoms with Crippen molar-refractivity contribution in [1.82, 2.24) is 20.2 Å². The van der Waals surface area contributed by atoms with E-state index in [0.717, 1.165) is 19.4 Å². The lowest BCUT2D eigenvalue weighted by molar-refractivity contribution is -0.124. The van der Waals surface area contributed by atoms with E-state index in [1.165, 1.54) is 12.5 Å². The van der Waals surface area contributed by atoms with Crippen molar-refractivity contribution in [2.75, 3.05) is 13.1 Å². The number of amides is 1. The standard InChI is InChI=1S/C13H20N4O3/c1-9-3-2-4-14-11(9)12(18)15-5-6-17-7-10(13(19)20)16-8-17/h7-9,11,14H,2-6H2,1H3,(H,15,18)(H,19,20). The number of hydrogen-bond acceptors (Lipinski definition) is 4. The lowest BCUT2D eigenvalue weighted by Gasteiger charge is -2.28. The van der Waals surface area contributed by atoms with Crippen molar-refractivity contribution < 1.29 is 14.7 Å². The average molecular weight is 280 g/mol. The molecule has 1 fully saturated rings. The van der Waals surface area contributed by atoms with Crippen molar-refractivity contribution >= 4 is 11.9 Å². The molecular formula is C13H20N4O3. The fourth-order valence-corrected chi connectivity index (χ4v) is 2.41. The molecule has 2 heterocycles. The first-order chi connectivity index (χ1) is 9.58. The first-order valence-electron chi connectivity index (χ1n) is 6.84. The zero-order valence-electron chi connectivity index (χ0n) is 11.5. The molecule has 3 N–H and O–H groups in total. The van der Waals surface area contributed by atoms with Crippen LogP contribution >= 0.6 is 0 Å². The molecule has 7 nitrogen and oxygen atoms in total. The van der Waals surface area contributed by atoms with Gasteiger partial charge in [0.15, 0.2) is 5.69 Å². The van der Waals surface area contributed by atoms with E-state index in [0.29, 0.717) is 19.0 Å². The summed E-state index contributed by atoms with van der Waals surface area (Å²) in [5, 5.41) is 14.9. The number of hydrogen-bond donors (Lipinski definition) is 3. The minimum Gasteiger partial charge on any atom is -0.476 e. The predicted molar refractivity (Wildman–Crippen MR) is 72.4 cm³/mol. The highest BCUT2D eigenvalue weighted by Gasteiger charge is 2.26. The summed E-state index contributed by atoms with van der Waals surface area (Å²) in [7, 11) is 0. The maximum atomic E-state index is 12.0. The topological polar surface area (TPSA) is 96.3 Å². The maximum Gasteiger partial charge on any atom is 0.356 e. The molecule has 0 aliphatic carbocycles. The highest BCUT2D eigenvalue weighted by atomic mass is 16.4. The van der Waals surface area contributed by atoms with Crippen molar-refractivity contribution in [1.29, 1.82) is 0 Å².